The molecule has 1 aliphatic rings. The topological polar surface area (TPSA) is 58.4 Å². The van der Waals surface area contributed by atoms with Crippen molar-refractivity contribution in [2.24, 2.45) is 0 Å². The molecule has 1 fully saturated rings. The van der Waals surface area contributed by atoms with E-state index in [4.69, 9.17) is 11.6 Å². The number of nitrogens with zero attached hydrogens (tertiary/aromatic N) is 2. The third kappa shape index (κ3) is 4.40. The lowest BCUT2D eigenvalue weighted by Crippen LogP contribution is -2.40. The summed E-state index contributed by atoms with van der Waals surface area (Å²) in [6, 6.07) is 5.98. The molecule has 1 N–H and O–H groups in total. The maximum atomic E-state index is 11.0. The van der Waals surface area contributed by atoms with E-state index in [-0.39, 0.29) is 10.7 Å². The predicted octanol–water partition coefficient (Wildman–Crippen LogP) is 3.21. The van der Waals surface area contributed by atoms with E-state index < -0.39 is 4.92 Å². The van der Waals surface area contributed by atoms with Gasteiger partial charge in [-0.25, -0.2) is 0 Å². The van der Waals surface area contributed by atoms with Crippen LogP contribution in [0, 0.1) is 10.1 Å². The second-order valence-corrected chi connectivity index (χ2v) is 6.27. The maximum absolute atomic E-state index is 11.0. The highest BCUT2D eigenvalue weighted by atomic mass is 35.5. The number of rotatable bonds is 6. The number of nitrogens with one attached hydrogen (secondary N) is 1. The Labute approximate surface area is 130 Å². The van der Waals surface area contributed by atoms with Gasteiger partial charge in [-0.2, -0.15) is 0 Å². The van der Waals surface area contributed by atoms with Gasteiger partial charge in [0.25, 0.3) is 5.69 Å². The van der Waals surface area contributed by atoms with E-state index in [2.05, 4.69) is 24.1 Å². The molecule has 116 valence electrons. The van der Waals surface area contributed by atoms with Gasteiger partial charge in [0.05, 0.1) is 4.92 Å². The van der Waals surface area contributed by atoms with Crippen molar-refractivity contribution in [3.05, 3.63) is 38.9 Å². The summed E-state index contributed by atoms with van der Waals surface area (Å²) in [5, 5.41) is 14.7. The summed E-state index contributed by atoms with van der Waals surface area (Å²) in [5.74, 6) is 0. The summed E-state index contributed by atoms with van der Waals surface area (Å²) >= 11 is 5.86. The number of halogens is 1. The maximum Gasteiger partial charge on any atom is 0.288 e. The molecule has 0 aromatic heterocycles. The molecule has 6 heteroatoms. The minimum absolute atomic E-state index is 0.0168. The Morgan fingerprint density at radius 3 is 2.86 bits per heavy atom. The summed E-state index contributed by atoms with van der Waals surface area (Å²) in [7, 11) is 0. The first-order valence-electron chi connectivity index (χ1n) is 7.37. The van der Waals surface area contributed by atoms with Crippen LogP contribution in [0.4, 0.5) is 5.69 Å². The molecular weight excluding hydrogens is 290 g/mol. The van der Waals surface area contributed by atoms with Crippen LogP contribution in [0.5, 0.6) is 0 Å². The van der Waals surface area contributed by atoms with Crippen LogP contribution < -0.4 is 5.32 Å². The first kappa shape index (κ1) is 16.2. The quantitative estimate of drug-likeness (QED) is 0.647. The normalized spacial score (nSPS) is 18.6. The summed E-state index contributed by atoms with van der Waals surface area (Å²) in [4.78, 5) is 12.9. The van der Waals surface area contributed by atoms with Gasteiger partial charge >= 0.3 is 0 Å². The predicted molar refractivity (Wildman–Crippen MR) is 84.7 cm³/mol. The molecule has 1 heterocycles. The van der Waals surface area contributed by atoms with Crippen molar-refractivity contribution >= 4 is 17.3 Å². The Morgan fingerprint density at radius 2 is 2.29 bits per heavy atom. The number of nitro groups is 1. The fourth-order valence-electron chi connectivity index (χ4n) is 2.68. The van der Waals surface area contributed by atoms with Gasteiger partial charge in [0.1, 0.15) is 5.02 Å². The van der Waals surface area contributed by atoms with Crippen LogP contribution >= 0.6 is 11.6 Å². The van der Waals surface area contributed by atoms with Gasteiger partial charge in [0.2, 0.25) is 0 Å². The first-order chi connectivity index (χ1) is 9.97. The smallest absolute Gasteiger partial charge is 0.288 e. The van der Waals surface area contributed by atoms with E-state index >= 15 is 0 Å². The van der Waals surface area contributed by atoms with Crippen molar-refractivity contribution in [3.63, 3.8) is 0 Å². The molecule has 0 radical (unpaired) electrons. The highest BCUT2D eigenvalue weighted by Crippen LogP contribution is 2.26. The van der Waals surface area contributed by atoms with Crippen LogP contribution in [0.2, 0.25) is 5.02 Å². The molecule has 1 atom stereocenters. The highest BCUT2D eigenvalue weighted by Gasteiger charge is 2.21. The summed E-state index contributed by atoms with van der Waals surface area (Å²) in [6.07, 6.45) is 2.42. The molecule has 0 aliphatic carbocycles. The highest BCUT2D eigenvalue weighted by molar-refractivity contribution is 6.32. The minimum Gasteiger partial charge on any atom is -0.313 e. The van der Waals surface area contributed by atoms with Crippen molar-refractivity contribution in [1.82, 2.24) is 10.2 Å². The number of nitro benzene ring substituents is 1. The van der Waals surface area contributed by atoms with E-state index in [1.807, 2.05) is 6.07 Å². The fraction of sp³-hybridized carbons (Fsp3) is 0.600. The minimum atomic E-state index is -0.427. The number of benzene rings is 1. The molecule has 0 saturated carbocycles. The van der Waals surface area contributed by atoms with Gasteiger partial charge in [-0.1, -0.05) is 17.7 Å². The van der Waals surface area contributed by atoms with Gasteiger partial charge in [-0.15, -0.1) is 0 Å². The lowest BCUT2D eigenvalue weighted by atomic mass is 10.1. The molecule has 1 aromatic rings. The van der Waals surface area contributed by atoms with Crippen molar-refractivity contribution in [1.29, 1.82) is 0 Å². The molecule has 1 saturated heterocycles. The lowest BCUT2D eigenvalue weighted by molar-refractivity contribution is -0.384. The van der Waals surface area contributed by atoms with Crippen LogP contribution in [0.25, 0.3) is 0 Å². The SMILES string of the molecule is CC(C)N(Cc1ccc(Cl)c([N+](=O)[O-])c1)CC1CCCN1. The van der Waals surface area contributed by atoms with E-state index in [1.54, 1.807) is 12.1 Å². The van der Waals surface area contributed by atoms with Crippen LogP contribution in [-0.2, 0) is 6.54 Å². The molecule has 1 aliphatic heterocycles. The summed E-state index contributed by atoms with van der Waals surface area (Å²) < 4.78 is 0. The third-order valence-electron chi connectivity index (χ3n) is 3.94. The van der Waals surface area contributed by atoms with Gasteiger partial charge in [-0.05, 0) is 44.9 Å². The molecule has 1 unspecified atom stereocenters. The Morgan fingerprint density at radius 1 is 1.52 bits per heavy atom. The Balaban J connectivity index is 2.09. The van der Waals surface area contributed by atoms with Gasteiger partial charge in [-0.3, -0.25) is 15.0 Å². The Bertz CT molecular complexity index is 502. The van der Waals surface area contributed by atoms with Gasteiger partial charge in [0, 0.05) is 31.2 Å². The molecule has 0 amide bonds. The largest absolute Gasteiger partial charge is 0.313 e. The second kappa shape index (κ2) is 7.20. The monoisotopic (exact) mass is 311 g/mol. The summed E-state index contributed by atoms with van der Waals surface area (Å²) in [5.41, 5.74) is 0.912. The van der Waals surface area contributed by atoms with Crippen molar-refractivity contribution in [2.45, 2.75) is 45.3 Å². The zero-order chi connectivity index (χ0) is 15.4. The molecule has 2 rings (SSSR count). The third-order valence-corrected chi connectivity index (χ3v) is 4.26. The van der Waals surface area contributed by atoms with Crippen LogP contribution in [-0.4, -0.2) is 35.0 Å². The fourth-order valence-corrected chi connectivity index (χ4v) is 2.87. The van der Waals surface area contributed by atoms with Crippen LogP contribution in [0.15, 0.2) is 18.2 Å². The molecule has 1 aromatic carbocycles. The molecule has 0 bridgehead atoms. The van der Waals surface area contributed by atoms with E-state index in [1.165, 1.54) is 12.8 Å². The Kier molecular flexibility index (Phi) is 5.56. The van der Waals surface area contributed by atoms with E-state index in [9.17, 15) is 10.1 Å². The molecule has 21 heavy (non-hydrogen) atoms. The molecule has 5 nitrogen and oxygen atoms in total. The van der Waals surface area contributed by atoms with Crippen molar-refractivity contribution in [2.75, 3.05) is 13.1 Å². The van der Waals surface area contributed by atoms with E-state index in [0.29, 0.717) is 18.6 Å². The van der Waals surface area contributed by atoms with Crippen LogP contribution in [0.1, 0.15) is 32.3 Å². The molecule has 0 spiro atoms. The van der Waals surface area contributed by atoms with Gasteiger partial charge in [0.15, 0.2) is 0 Å². The average Bonchev–Trinajstić information content (AvgIpc) is 2.92. The first-order valence-corrected chi connectivity index (χ1v) is 7.75. The zero-order valence-corrected chi connectivity index (χ0v) is 13.3. The number of hydrogen-bond donors (Lipinski definition) is 1. The second-order valence-electron chi connectivity index (χ2n) is 5.86. The van der Waals surface area contributed by atoms with Crippen molar-refractivity contribution < 1.29 is 4.92 Å². The summed E-state index contributed by atoms with van der Waals surface area (Å²) in [6.45, 7) is 7.06. The Hall–Kier alpha value is -1.17. The average molecular weight is 312 g/mol. The van der Waals surface area contributed by atoms with Gasteiger partial charge < -0.3 is 5.32 Å². The van der Waals surface area contributed by atoms with Crippen LogP contribution in [0.3, 0.4) is 0 Å². The van der Waals surface area contributed by atoms with Crippen molar-refractivity contribution in [3.8, 4) is 0 Å². The lowest BCUT2D eigenvalue weighted by Gasteiger charge is -2.29. The standard InChI is InChI=1S/C15H22ClN3O2/c1-11(2)18(10-13-4-3-7-17-13)9-12-5-6-14(16)15(8-12)19(20)21/h5-6,8,11,13,17H,3-4,7,9-10H2,1-2H3. The zero-order valence-electron chi connectivity index (χ0n) is 12.5. The number of hydrogen-bond acceptors (Lipinski definition) is 4. The van der Waals surface area contributed by atoms with E-state index in [0.717, 1.165) is 18.7 Å². The molecular formula is C15H22ClN3O2.